The van der Waals surface area contributed by atoms with Crippen molar-refractivity contribution in [3.8, 4) is 0 Å². The Morgan fingerprint density at radius 2 is 2.15 bits per heavy atom. The fraction of sp³-hybridized carbons (Fsp3) is 0.294. The molecule has 3 aromatic rings. The van der Waals surface area contributed by atoms with Crippen LogP contribution < -0.4 is 5.32 Å². The lowest BCUT2D eigenvalue weighted by molar-refractivity contribution is -0.119. The maximum Gasteiger partial charge on any atom is 0.230 e. The molecule has 2 aromatic heterocycles. The van der Waals surface area contributed by atoms with Gasteiger partial charge in [-0.3, -0.25) is 4.79 Å². The number of halogens is 1. The van der Waals surface area contributed by atoms with Gasteiger partial charge in [-0.2, -0.15) is 0 Å². The molecule has 2 heterocycles. The van der Waals surface area contributed by atoms with E-state index in [0.29, 0.717) is 16.7 Å². The van der Waals surface area contributed by atoms with E-state index in [0.717, 1.165) is 16.9 Å². The summed E-state index contributed by atoms with van der Waals surface area (Å²) < 4.78 is 1.71. The zero-order valence-electron chi connectivity index (χ0n) is 14.1. The number of carbonyl (C=O) groups excluding carboxylic acids is 1. The number of nitrogens with one attached hydrogen (secondary N) is 1. The second-order valence-electron chi connectivity index (χ2n) is 5.57. The monoisotopic (exact) mass is 407 g/mol. The van der Waals surface area contributed by atoms with Crippen LogP contribution in [0.25, 0.3) is 0 Å². The third-order valence-electron chi connectivity index (χ3n) is 3.73. The van der Waals surface area contributed by atoms with Crippen molar-refractivity contribution in [1.29, 1.82) is 0 Å². The van der Waals surface area contributed by atoms with Crippen molar-refractivity contribution in [3.63, 3.8) is 0 Å². The standard InChI is InChI=1S/C17H18ClN5OS2/c1-2-15(12-5-7-13(18)8-6-12)19-16(24)11-26-17-20-21-22-23(17)10-14-4-3-9-25-14/h3-9,15H,2,10-11H2,1H3,(H,19,24). The summed E-state index contributed by atoms with van der Waals surface area (Å²) in [5.74, 6) is 0.206. The Morgan fingerprint density at radius 3 is 2.85 bits per heavy atom. The number of benzene rings is 1. The van der Waals surface area contributed by atoms with Crippen molar-refractivity contribution in [2.24, 2.45) is 0 Å². The molecular formula is C17H18ClN5OS2. The second kappa shape index (κ2) is 9.16. The van der Waals surface area contributed by atoms with Gasteiger partial charge in [0.05, 0.1) is 18.3 Å². The highest BCUT2D eigenvalue weighted by Crippen LogP contribution is 2.21. The molecule has 1 aromatic carbocycles. The lowest BCUT2D eigenvalue weighted by atomic mass is 10.0. The van der Waals surface area contributed by atoms with Crippen molar-refractivity contribution in [3.05, 3.63) is 57.2 Å². The Labute approximate surface area is 164 Å². The van der Waals surface area contributed by atoms with Crippen molar-refractivity contribution in [2.75, 3.05) is 5.75 Å². The van der Waals surface area contributed by atoms with Gasteiger partial charge < -0.3 is 5.32 Å². The molecule has 1 unspecified atom stereocenters. The van der Waals surface area contributed by atoms with Gasteiger partial charge in [-0.15, -0.1) is 16.4 Å². The Morgan fingerprint density at radius 1 is 1.35 bits per heavy atom. The maximum absolute atomic E-state index is 12.3. The molecule has 1 N–H and O–H groups in total. The summed E-state index contributed by atoms with van der Waals surface area (Å²) in [6.45, 7) is 2.64. The topological polar surface area (TPSA) is 72.7 Å². The lowest BCUT2D eigenvalue weighted by Crippen LogP contribution is -2.29. The van der Waals surface area contributed by atoms with Crippen LogP contribution in [0, 0.1) is 0 Å². The zero-order valence-corrected chi connectivity index (χ0v) is 16.5. The summed E-state index contributed by atoms with van der Waals surface area (Å²) in [7, 11) is 0. The fourth-order valence-electron chi connectivity index (χ4n) is 2.43. The highest BCUT2D eigenvalue weighted by molar-refractivity contribution is 7.99. The maximum atomic E-state index is 12.3. The van der Waals surface area contributed by atoms with Crippen molar-refractivity contribution < 1.29 is 4.79 Å². The minimum absolute atomic E-state index is 0.0394. The third kappa shape index (κ3) is 5.06. The quantitative estimate of drug-likeness (QED) is 0.575. The SMILES string of the molecule is CCC(NC(=O)CSc1nnnn1Cc1cccs1)c1ccc(Cl)cc1. The van der Waals surface area contributed by atoms with E-state index in [9.17, 15) is 4.79 Å². The highest BCUT2D eigenvalue weighted by Gasteiger charge is 2.15. The van der Waals surface area contributed by atoms with Crippen LogP contribution in [0.15, 0.2) is 46.9 Å². The molecule has 136 valence electrons. The molecule has 6 nitrogen and oxygen atoms in total. The van der Waals surface area contributed by atoms with E-state index < -0.39 is 0 Å². The first kappa shape index (κ1) is 18.9. The first-order chi connectivity index (χ1) is 12.7. The molecule has 0 fully saturated rings. The Hall–Kier alpha value is -1.90. The number of carbonyl (C=O) groups is 1. The summed E-state index contributed by atoms with van der Waals surface area (Å²) in [5, 5.41) is 18.1. The number of nitrogens with zero attached hydrogens (tertiary/aromatic N) is 4. The number of hydrogen-bond acceptors (Lipinski definition) is 6. The van der Waals surface area contributed by atoms with Crippen LogP contribution in [0.4, 0.5) is 0 Å². The summed E-state index contributed by atoms with van der Waals surface area (Å²) in [6.07, 6.45) is 0.800. The minimum atomic E-state index is -0.0533. The molecule has 0 aliphatic heterocycles. The number of tetrazole rings is 1. The van der Waals surface area contributed by atoms with Crippen LogP contribution in [-0.4, -0.2) is 31.9 Å². The van der Waals surface area contributed by atoms with E-state index in [4.69, 9.17) is 11.6 Å². The van der Waals surface area contributed by atoms with Gasteiger partial charge in [0.2, 0.25) is 11.1 Å². The van der Waals surface area contributed by atoms with E-state index in [1.807, 2.05) is 48.7 Å². The molecule has 0 aliphatic carbocycles. The van der Waals surface area contributed by atoms with Gasteiger partial charge in [0.1, 0.15) is 0 Å². The molecule has 0 radical (unpaired) electrons. The summed E-state index contributed by atoms with van der Waals surface area (Å²) in [4.78, 5) is 13.5. The first-order valence-corrected chi connectivity index (χ1v) is 10.4. The number of thioether (sulfide) groups is 1. The van der Waals surface area contributed by atoms with Crippen molar-refractivity contribution >= 4 is 40.6 Å². The number of hydrogen-bond donors (Lipinski definition) is 1. The van der Waals surface area contributed by atoms with Gasteiger partial charge in [-0.1, -0.05) is 48.5 Å². The molecule has 9 heteroatoms. The van der Waals surface area contributed by atoms with E-state index in [1.165, 1.54) is 11.8 Å². The molecule has 1 atom stereocenters. The summed E-state index contributed by atoms with van der Waals surface area (Å²) in [5.41, 5.74) is 1.04. The molecular weight excluding hydrogens is 390 g/mol. The Kier molecular flexibility index (Phi) is 6.65. The van der Waals surface area contributed by atoms with Gasteiger partial charge in [-0.25, -0.2) is 4.68 Å². The number of rotatable bonds is 8. The second-order valence-corrected chi connectivity index (χ2v) is 7.98. The largest absolute Gasteiger partial charge is 0.349 e. The van der Waals surface area contributed by atoms with Gasteiger partial charge in [0.25, 0.3) is 0 Å². The first-order valence-electron chi connectivity index (χ1n) is 8.12. The summed E-state index contributed by atoms with van der Waals surface area (Å²) in [6, 6.07) is 11.5. The van der Waals surface area contributed by atoms with Crippen LogP contribution in [-0.2, 0) is 11.3 Å². The van der Waals surface area contributed by atoms with E-state index >= 15 is 0 Å². The number of aromatic nitrogens is 4. The highest BCUT2D eigenvalue weighted by atomic mass is 35.5. The van der Waals surface area contributed by atoms with E-state index in [1.54, 1.807) is 16.0 Å². The smallest absolute Gasteiger partial charge is 0.230 e. The number of amides is 1. The van der Waals surface area contributed by atoms with Gasteiger partial charge in [0, 0.05) is 9.90 Å². The average Bonchev–Trinajstić information content (AvgIpc) is 3.31. The van der Waals surface area contributed by atoms with Crippen molar-refractivity contribution in [2.45, 2.75) is 31.1 Å². The fourth-order valence-corrected chi connectivity index (χ4v) is 3.93. The van der Waals surface area contributed by atoms with Crippen LogP contribution in [0.5, 0.6) is 0 Å². The van der Waals surface area contributed by atoms with Gasteiger partial charge in [-0.05, 0) is 46.0 Å². The van der Waals surface area contributed by atoms with Crippen LogP contribution >= 0.6 is 34.7 Å². The lowest BCUT2D eigenvalue weighted by Gasteiger charge is -2.17. The van der Waals surface area contributed by atoms with E-state index in [2.05, 4.69) is 20.8 Å². The van der Waals surface area contributed by atoms with Crippen LogP contribution in [0.2, 0.25) is 5.02 Å². The predicted molar refractivity (Wildman–Crippen MR) is 105 cm³/mol. The Bertz CT molecular complexity index is 835. The Balaban J connectivity index is 1.55. The van der Waals surface area contributed by atoms with Crippen LogP contribution in [0.3, 0.4) is 0 Å². The molecule has 0 bridgehead atoms. The normalized spacial score (nSPS) is 12.1. The minimum Gasteiger partial charge on any atom is -0.349 e. The molecule has 3 rings (SSSR count). The van der Waals surface area contributed by atoms with E-state index in [-0.39, 0.29) is 17.7 Å². The average molecular weight is 408 g/mol. The molecule has 0 aliphatic rings. The molecule has 1 amide bonds. The van der Waals surface area contributed by atoms with Gasteiger partial charge >= 0.3 is 0 Å². The summed E-state index contributed by atoms with van der Waals surface area (Å²) >= 11 is 8.91. The number of thiophene rings is 1. The third-order valence-corrected chi connectivity index (χ3v) is 5.80. The zero-order chi connectivity index (χ0) is 18.4. The molecule has 0 saturated carbocycles. The van der Waals surface area contributed by atoms with Crippen LogP contribution in [0.1, 0.15) is 29.8 Å². The molecule has 26 heavy (non-hydrogen) atoms. The predicted octanol–water partition coefficient (Wildman–Crippen LogP) is 3.80. The molecule has 0 spiro atoms. The molecule has 0 saturated heterocycles. The van der Waals surface area contributed by atoms with Crippen molar-refractivity contribution in [1.82, 2.24) is 25.5 Å². The van der Waals surface area contributed by atoms with Gasteiger partial charge in [0.15, 0.2) is 0 Å².